The Morgan fingerprint density at radius 3 is 3.05 bits per heavy atom. The first-order valence-corrected chi connectivity index (χ1v) is 7.40. The number of halogens is 1. The number of nitrogens with zero attached hydrogens (tertiary/aromatic N) is 2. The molecule has 102 valence electrons. The molecule has 6 heteroatoms. The third-order valence-electron chi connectivity index (χ3n) is 2.87. The van der Waals surface area contributed by atoms with Crippen LogP contribution in [0.2, 0.25) is 5.02 Å². The van der Waals surface area contributed by atoms with E-state index in [-0.39, 0.29) is 0 Å². The first-order chi connectivity index (χ1) is 9.74. The molecule has 1 aromatic carbocycles. The standard InChI is InChI=1S/C14H12ClN3OS/c1-9-3-2-4-11(13(9)15)16-7-12-17-14(18-19-12)10-5-6-20-8-10/h2-6,8,16H,7H2,1H3. The number of aromatic nitrogens is 2. The van der Waals surface area contributed by atoms with Gasteiger partial charge in [-0.1, -0.05) is 28.9 Å². The predicted octanol–water partition coefficient (Wildman–Crippen LogP) is 4.37. The molecular formula is C14H12ClN3OS. The van der Waals surface area contributed by atoms with Crippen LogP contribution in [0.4, 0.5) is 5.69 Å². The molecule has 2 aromatic heterocycles. The second-order valence-corrected chi connectivity index (χ2v) is 5.47. The lowest BCUT2D eigenvalue weighted by Crippen LogP contribution is -2.00. The summed E-state index contributed by atoms with van der Waals surface area (Å²) >= 11 is 7.82. The van der Waals surface area contributed by atoms with E-state index >= 15 is 0 Å². The van der Waals surface area contributed by atoms with Crippen LogP contribution in [0.1, 0.15) is 11.5 Å². The maximum Gasteiger partial charge on any atom is 0.246 e. The van der Waals surface area contributed by atoms with E-state index in [2.05, 4.69) is 15.5 Å². The average Bonchev–Trinajstić information content (AvgIpc) is 3.10. The summed E-state index contributed by atoms with van der Waals surface area (Å²) in [5.41, 5.74) is 2.86. The molecule has 3 rings (SSSR count). The molecule has 0 atom stereocenters. The van der Waals surface area contributed by atoms with Crippen LogP contribution in [-0.4, -0.2) is 10.1 Å². The molecule has 20 heavy (non-hydrogen) atoms. The Balaban J connectivity index is 1.71. The molecule has 0 saturated carbocycles. The molecule has 3 aromatic rings. The number of aryl methyl sites for hydroxylation is 1. The Hall–Kier alpha value is -1.85. The quantitative estimate of drug-likeness (QED) is 0.777. The summed E-state index contributed by atoms with van der Waals surface area (Å²) in [6.45, 7) is 2.41. The van der Waals surface area contributed by atoms with Crippen molar-refractivity contribution in [2.45, 2.75) is 13.5 Å². The SMILES string of the molecule is Cc1cccc(NCc2nc(-c3ccsc3)no2)c1Cl. The Morgan fingerprint density at radius 2 is 2.25 bits per heavy atom. The molecule has 0 fully saturated rings. The van der Waals surface area contributed by atoms with E-state index in [0.717, 1.165) is 16.8 Å². The summed E-state index contributed by atoms with van der Waals surface area (Å²) in [7, 11) is 0. The molecule has 0 aliphatic rings. The Bertz CT molecular complexity index is 709. The van der Waals surface area contributed by atoms with Crippen molar-refractivity contribution in [3.05, 3.63) is 51.5 Å². The van der Waals surface area contributed by atoms with Gasteiger partial charge >= 0.3 is 0 Å². The Kier molecular flexibility index (Phi) is 3.71. The van der Waals surface area contributed by atoms with Crippen molar-refractivity contribution in [2.75, 3.05) is 5.32 Å². The van der Waals surface area contributed by atoms with Crippen LogP contribution in [0.25, 0.3) is 11.4 Å². The average molecular weight is 306 g/mol. The molecule has 2 heterocycles. The number of hydrogen-bond acceptors (Lipinski definition) is 5. The molecule has 0 saturated heterocycles. The zero-order chi connectivity index (χ0) is 13.9. The molecular weight excluding hydrogens is 294 g/mol. The second kappa shape index (κ2) is 5.64. The number of anilines is 1. The molecule has 0 radical (unpaired) electrons. The highest BCUT2D eigenvalue weighted by Crippen LogP contribution is 2.25. The van der Waals surface area contributed by atoms with E-state index < -0.39 is 0 Å². The summed E-state index contributed by atoms with van der Waals surface area (Å²) in [6, 6.07) is 7.80. The van der Waals surface area contributed by atoms with Crippen molar-refractivity contribution < 1.29 is 4.52 Å². The van der Waals surface area contributed by atoms with Crippen molar-refractivity contribution >= 4 is 28.6 Å². The van der Waals surface area contributed by atoms with Crippen LogP contribution in [0.15, 0.2) is 39.5 Å². The highest BCUT2D eigenvalue weighted by molar-refractivity contribution is 7.08. The molecule has 1 N–H and O–H groups in total. The maximum absolute atomic E-state index is 6.22. The van der Waals surface area contributed by atoms with Gasteiger partial charge in [-0.15, -0.1) is 0 Å². The van der Waals surface area contributed by atoms with Gasteiger partial charge in [0.2, 0.25) is 11.7 Å². The molecule has 0 aliphatic heterocycles. The largest absolute Gasteiger partial charge is 0.375 e. The lowest BCUT2D eigenvalue weighted by Gasteiger charge is -2.07. The monoisotopic (exact) mass is 305 g/mol. The second-order valence-electron chi connectivity index (χ2n) is 4.31. The van der Waals surface area contributed by atoms with Crippen LogP contribution in [-0.2, 0) is 6.54 Å². The number of hydrogen-bond donors (Lipinski definition) is 1. The predicted molar refractivity (Wildman–Crippen MR) is 81.1 cm³/mol. The van der Waals surface area contributed by atoms with Gasteiger partial charge in [-0.05, 0) is 30.0 Å². The first-order valence-electron chi connectivity index (χ1n) is 6.08. The van der Waals surface area contributed by atoms with Crippen LogP contribution in [0, 0.1) is 6.92 Å². The molecule has 4 nitrogen and oxygen atoms in total. The molecule has 0 spiro atoms. The van der Waals surface area contributed by atoms with Crippen molar-refractivity contribution in [1.29, 1.82) is 0 Å². The van der Waals surface area contributed by atoms with Gasteiger partial charge in [-0.2, -0.15) is 16.3 Å². The van der Waals surface area contributed by atoms with E-state index in [1.54, 1.807) is 11.3 Å². The molecule has 0 unspecified atom stereocenters. The van der Waals surface area contributed by atoms with Crippen molar-refractivity contribution in [3.63, 3.8) is 0 Å². The van der Waals surface area contributed by atoms with Gasteiger partial charge in [0.25, 0.3) is 0 Å². The zero-order valence-electron chi connectivity index (χ0n) is 10.8. The minimum Gasteiger partial charge on any atom is -0.375 e. The third-order valence-corrected chi connectivity index (χ3v) is 4.05. The Morgan fingerprint density at radius 1 is 1.35 bits per heavy atom. The lowest BCUT2D eigenvalue weighted by molar-refractivity contribution is 0.384. The van der Waals surface area contributed by atoms with E-state index in [4.69, 9.17) is 16.1 Å². The minimum atomic E-state index is 0.445. The summed E-state index contributed by atoms with van der Waals surface area (Å²) in [6.07, 6.45) is 0. The minimum absolute atomic E-state index is 0.445. The smallest absolute Gasteiger partial charge is 0.246 e. The lowest BCUT2D eigenvalue weighted by atomic mass is 10.2. The van der Waals surface area contributed by atoms with E-state index in [0.29, 0.717) is 23.3 Å². The maximum atomic E-state index is 6.22. The van der Waals surface area contributed by atoms with Gasteiger partial charge in [0.15, 0.2) is 0 Å². The number of thiophene rings is 1. The molecule has 0 aliphatic carbocycles. The highest BCUT2D eigenvalue weighted by atomic mass is 35.5. The summed E-state index contributed by atoms with van der Waals surface area (Å²) < 4.78 is 5.22. The van der Waals surface area contributed by atoms with Crippen LogP contribution in [0.5, 0.6) is 0 Å². The Labute approximate surface area is 125 Å². The summed E-state index contributed by atoms with van der Waals surface area (Å²) in [5.74, 6) is 1.14. The van der Waals surface area contributed by atoms with Gasteiger partial charge in [-0.3, -0.25) is 0 Å². The van der Waals surface area contributed by atoms with E-state index in [1.165, 1.54) is 0 Å². The fourth-order valence-corrected chi connectivity index (χ4v) is 2.62. The first kappa shape index (κ1) is 13.1. The summed E-state index contributed by atoms with van der Waals surface area (Å²) in [4.78, 5) is 4.34. The highest BCUT2D eigenvalue weighted by Gasteiger charge is 2.09. The number of nitrogens with one attached hydrogen (secondary N) is 1. The van der Waals surface area contributed by atoms with Gasteiger partial charge < -0.3 is 9.84 Å². The normalized spacial score (nSPS) is 10.7. The fourth-order valence-electron chi connectivity index (χ4n) is 1.79. The number of benzene rings is 1. The van der Waals surface area contributed by atoms with Gasteiger partial charge in [0.1, 0.15) is 0 Å². The van der Waals surface area contributed by atoms with E-state index in [9.17, 15) is 0 Å². The van der Waals surface area contributed by atoms with Crippen molar-refractivity contribution in [1.82, 2.24) is 10.1 Å². The zero-order valence-corrected chi connectivity index (χ0v) is 12.3. The third kappa shape index (κ3) is 2.69. The molecule has 0 amide bonds. The summed E-state index contributed by atoms with van der Waals surface area (Å²) in [5, 5.41) is 11.8. The molecule has 0 bridgehead atoms. The van der Waals surface area contributed by atoms with Crippen LogP contribution in [0.3, 0.4) is 0 Å². The van der Waals surface area contributed by atoms with Gasteiger partial charge in [-0.25, -0.2) is 0 Å². The fraction of sp³-hybridized carbons (Fsp3) is 0.143. The van der Waals surface area contributed by atoms with Crippen molar-refractivity contribution in [3.8, 4) is 11.4 Å². The van der Waals surface area contributed by atoms with Crippen LogP contribution >= 0.6 is 22.9 Å². The van der Waals surface area contributed by atoms with Gasteiger partial charge in [0.05, 0.1) is 17.3 Å². The topological polar surface area (TPSA) is 51.0 Å². The number of rotatable bonds is 4. The van der Waals surface area contributed by atoms with Crippen LogP contribution < -0.4 is 5.32 Å². The van der Waals surface area contributed by atoms with Gasteiger partial charge in [0, 0.05) is 10.9 Å². The van der Waals surface area contributed by atoms with E-state index in [1.807, 2.05) is 41.9 Å². The van der Waals surface area contributed by atoms with Crippen molar-refractivity contribution in [2.24, 2.45) is 0 Å².